The maximum Gasteiger partial charge on any atom is 0.0603 e. The molecule has 3 aliphatic rings. The lowest BCUT2D eigenvalue weighted by Crippen LogP contribution is -2.50. The molecule has 1 saturated carbocycles. The molecule has 3 fully saturated rings. The van der Waals surface area contributed by atoms with E-state index in [1.165, 1.54) is 65.0 Å². The van der Waals surface area contributed by atoms with Gasteiger partial charge in [0.25, 0.3) is 0 Å². The summed E-state index contributed by atoms with van der Waals surface area (Å²) in [4.78, 5) is 5.22. The van der Waals surface area contributed by atoms with Crippen LogP contribution in [0.3, 0.4) is 0 Å². The van der Waals surface area contributed by atoms with Crippen LogP contribution in [-0.2, 0) is 4.74 Å². The second-order valence-corrected chi connectivity index (χ2v) is 6.78. The van der Waals surface area contributed by atoms with Crippen LogP contribution in [0.4, 0.5) is 0 Å². The minimum absolute atomic E-state index is 0.537. The highest BCUT2D eigenvalue weighted by Gasteiger charge is 2.33. The van der Waals surface area contributed by atoms with Gasteiger partial charge in [0.05, 0.1) is 12.2 Å². The van der Waals surface area contributed by atoms with Crippen molar-refractivity contribution in [2.75, 3.05) is 52.4 Å². The van der Waals surface area contributed by atoms with Crippen LogP contribution in [0.2, 0.25) is 0 Å². The van der Waals surface area contributed by atoms with E-state index in [9.17, 15) is 0 Å². The van der Waals surface area contributed by atoms with E-state index in [2.05, 4.69) is 22.0 Å². The largest absolute Gasteiger partial charge is 0.375 e. The molecule has 0 amide bonds. The molecular weight excluding hydrogens is 298 g/mol. The average molecular weight is 342 g/mol. The summed E-state index contributed by atoms with van der Waals surface area (Å²) in [5.74, 6) is 0.898. The third kappa shape index (κ3) is 7.38. The van der Waals surface area contributed by atoms with E-state index in [0.717, 1.165) is 19.0 Å². The van der Waals surface area contributed by atoms with Crippen LogP contribution < -0.4 is 5.32 Å². The van der Waals surface area contributed by atoms with E-state index in [-0.39, 0.29) is 0 Å². The molecule has 2 saturated heterocycles. The lowest BCUT2D eigenvalue weighted by Gasteiger charge is -2.42. The SMILES string of the molecule is CC.CC.CCN1CCN(CC2CC(OC3CCNCC3)C2)CC1. The first-order valence-corrected chi connectivity index (χ1v) is 10.6. The van der Waals surface area contributed by atoms with E-state index >= 15 is 0 Å². The molecule has 1 N–H and O–H groups in total. The van der Waals surface area contributed by atoms with Crippen molar-refractivity contribution in [3.05, 3.63) is 0 Å². The van der Waals surface area contributed by atoms with Crippen molar-refractivity contribution < 1.29 is 4.74 Å². The molecule has 4 heteroatoms. The molecule has 0 aromatic rings. The number of rotatable bonds is 5. The Balaban J connectivity index is 0.000000671. The van der Waals surface area contributed by atoms with Crippen molar-refractivity contribution in [1.82, 2.24) is 15.1 Å². The second-order valence-electron chi connectivity index (χ2n) is 6.78. The van der Waals surface area contributed by atoms with Crippen molar-refractivity contribution in [3.8, 4) is 0 Å². The minimum atomic E-state index is 0.537. The number of likely N-dealkylation sites (N-methyl/N-ethyl adjacent to an activating group) is 1. The molecule has 144 valence electrons. The van der Waals surface area contributed by atoms with Crippen molar-refractivity contribution >= 4 is 0 Å². The molecule has 3 rings (SSSR count). The maximum absolute atomic E-state index is 6.21. The predicted molar refractivity (Wildman–Crippen MR) is 105 cm³/mol. The summed E-state index contributed by atoms with van der Waals surface area (Å²) in [6.45, 7) is 20.1. The number of ether oxygens (including phenoxy) is 1. The Hall–Kier alpha value is -0.160. The molecule has 2 heterocycles. The Bertz CT molecular complexity index is 281. The first-order chi connectivity index (χ1) is 11.8. The van der Waals surface area contributed by atoms with Gasteiger partial charge in [0.15, 0.2) is 0 Å². The summed E-state index contributed by atoms with van der Waals surface area (Å²) in [6, 6.07) is 0. The third-order valence-electron chi connectivity index (χ3n) is 5.29. The zero-order chi connectivity index (χ0) is 17.8. The third-order valence-corrected chi connectivity index (χ3v) is 5.29. The monoisotopic (exact) mass is 341 g/mol. The van der Waals surface area contributed by atoms with Crippen LogP contribution >= 0.6 is 0 Å². The van der Waals surface area contributed by atoms with Crippen LogP contribution in [0.25, 0.3) is 0 Å². The topological polar surface area (TPSA) is 27.7 Å². The smallest absolute Gasteiger partial charge is 0.0603 e. The summed E-state index contributed by atoms with van der Waals surface area (Å²) < 4.78 is 6.21. The van der Waals surface area contributed by atoms with E-state index < -0.39 is 0 Å². The van der Waals surface area contributed by atoms with Crippen molar-refractivity contribution in [3.63, 3.8) is 0 Å². The van der Waals surface area contributed by atoms with Gasteiger partial charge in [-0.05, 0) is 51.2 Å². The van der Waals surface area contributed by atoms with Crippen molar-refractivity contribution in [2.45, 2.75) is 72.5 Å². The van der Waals surface area contributed by atoms with Crippen LogP contribution in [0.1, 0.15) is 60.3 Å². The Morgan fingerprint density at radius 2 is 1.38 bits per heavy atom. The number of hydrogen-bond donors (Lipinski definition) is 1. The Morgan fingerprint density at radius 1 is 0.833 bits per heavy atom. The summed E-state index contributed by atoms with van der Waals surface area (Å²) in [5, 5.41) is 3.40. The molecule has 0 atom stereocenters. The van der Waals surface area contributed by atoms with Gasteiger partial charge >= 0.3 is 0 Å². The van der Waals surface area contributed by atoms with Gasteiger partial charge in [-0.2, -0.15) is 0 Å². The fourth-order valence-electron chi connectivity index (χ4n) is 3.79. The summed E-state index contributed by atoms with van der Waals surface area (Å²) >= 11 is 0. The fraction of sp³-hybridized carbons (Fsp3) is 1.00. The average Bonchev–Trinajstić information content (AvgIpc) is 2.65. The quantitative estimate of drug-likeness (QED) is 0.831. The molecule has 0 aromatic carbocycles. The maximum atomic E-state index is 6.21. The Kier molecular flexibility index (Phi) is 11.9. The summed E-state index contributed by atoms with van der Waals surface area (Å²) in [7, 11) is 0. The van der Waals surface area contributed by atoms with Crippen molar-refractivity contribution in [1.29, 1.82) is 0 Å². The summed E-state index contributed by atoms with van der Waals surface area (Å²) in [6.07, 6.45) is 6.13. The molecule has 0 bridgehead atoms. The van der Waals surface area contributed by atoms with Crippen molar-refractivity contribution in [2.24, 2.45) is 5.92 Å². The predicted octanol–water partition coefficient (Wildman–Crippen LogP) is 3.22. The van der Waals surface area contributed by atoms with E-state index in [4.69, 9.17) is 4.74 Å². The van der Waals surface area contributed by atoms with Gasteiger partial charge in [-0.1, -0.05) is 34.6 Å². The highest BCUT2D eigenvalue weighted by Crippen LogP contribution is 2.32. The Labute approximate surface area is 151 Å². The van der Waals surface area contributed by atoms with Gasteiger partial charge in [-0.25, -0.2) is 0 Å². The number of piperidine rings is 1. The number of hydrogen-bond acceptors (Lipinski definition) is 4. The van der Waals surface area contributed by atoms with Crippen LogP contribution in [0.5, 0.6) is 0 Å². The van der Waals surface area contributed by atoms with Crippen LogP contribution in [-0.4, -0.2) is 74.4 Å². The molecule has 0 spiro atoms. The van der Waals surface area contributed by atoms with Gasteiger partial charge in [-0.3, -0.25) is 0 Å². The van der Waals surface area contributed by atoms with E-state index in [1.54, 1.807) is 0 Å². The molecule has 0 unspecified atom stereocenters. The molecule has 2 aliphatic heterocycles. The molecule has 4 nitrogen and oxygen atoms in total. The van der Waals surface area contributed by atoms with Gasteiger partial charge in [0, 0.05) is 32.7 Å². The number of piperazine rings is 1. The van der Waals surface area contributed by atoms with Crippen LogP contribution in [0.15, 0.2) is 0 Å². The van der Waals surface area contributed by atoms with Gasteiger partial charge < -0.3 is 19.9 Å². The highest BCUT2D eigenvalue weighted by atomic mass is 16.5. The Morgan fingerprint density at radius 3 is 1.92 bits per heavy atom. The fourth-order valence-corrected chi connectivity index (χ4v) is 3.79. The number of nitrogens with one attached hydrogen (secondary N) is 1. The molecule has 1 aliphatic carbocycles. The first kappa shape index (κ1) is 21.9. The first-order valence-electron chi connectivity index (χ1n) is 10.6. The van der Waals surface area contributed by atoms with E-state index in [1.807, 2.05) is 27.7 Å². The van der Waals surface area contributed by atoms with Gasteiger partial charge in [-0.15, -0.1) is 0 Å². The van der Waals surface area contributed by atoms with E-state index in [0.29, 0.717) is 12.2 Å². The molecule has 0 radical (unpaired) electrons. The molecule has 24 heavy (non-hydrogen) atoms. The zero-order valence-corrected chi connectivity index (χ0v) is 17.0. The minimum Gasteiger partial charge on any atom is -0.375 e. The highest BCUT2D eigenvalue weighted by molar-refractivity contribution is 4.85. The standard InChI is InChI=1S/C16H31N3O.2C2H6/c1-2-18-7-9-19(10-8-18)13-14-11-16(12-14)20-15-3-5-17-6-4-15;2*1-2/h14-17H,2-13H2,1H3;2*1-2H3. The summed E-state index contributed by atoms with van der Waals surface area (Å²) in [5.41, 5.74) is 0. The molecular formula is C20H43N3O. The lowest BCUT2D eigenvalue weighted by atomic mass is 9.81. The zero-order valence-electron chi connectivity index (χ0n) is 17.0. The number of nitrogens with zero attached hydrogens (tertiary/aromatic N) is 2. The normalized spacial score (nSPS) is 28.9. The van der Waals surface area contributed by atoms with Crippen LogP contribution in [0, 0.1) is 5.92 Å². The molecule has 0 aromatic heterocycles. The van der Waals surface area contributed by atoms with Gasteiger partial charge in [0.1, 0.15) is 0 Å². The van der Waals surface area contributed by atoms with Gasteiger partial charge in [0.2, 0.25) is 0 Å². The lowest BCUT2D eigenvalue weighted by molar-refractivity contribution is -0.0902. The second kappa shape index (κ2) is 13.1.